The van der Waals surface area contributed by atoms with E-state index in [1.165, 1.54) is 11.7 Å². The van der Waals surface area contributed by atoms with E-state index in [1.54, 1.807) is 0 Å². The van der Waals surface area contributed by atoms with Crippen LogP contribution in [0.1, 0.15) is 19.8 Å². The molecule has 0 aliphatic carbocycles. The normalized spacial score (nSPS) is 10.7. The first-order valence-corrected chi connectivity index (χ1v) is 7.88. The predicted octanol–water partition coefficient (Wildman–Crippen LogP) is 4.17. The van der Waals surface area contributed by atoms with Crippen LogP contribution in [-0.2, 0) is 0 Å². The van der Waals surface area contributed by atoms with Crippen LogP contribution in [0.15, 0.2) is 48.8 Å². The Kier molecular flexibility index (Phi) is 4.57. The summed E-state index contributed by atoms with van der Waals surface area (Å²) in [7, 11) is 0. The molecule has 4 N–H and O–H groups in total. The van der Waals surface area contributed by atoms with E-state index in [0.717, 1.165) is 30.5 Å². The molecule has 0 spiro atoms. The summed E-state index contributed by atoms with van der Waals surface area (Å²) in [6.07, 6.45) is 3.73. The summed E-state index contributed by atoms with van der Waals surface area (Å²) in [6.45, 7) is 3.00. The Bertz CT molecular complexity index is 795. The maximum absolute atomic E-state index is 6.21. The molecule has 23 heavy (non-hydrogen) atoms. The first-order chi connectivity index (χ1) is 11.3. The van der Waals surface area contributed by atoms with Crippen molar-refractivity contribution in [3.05, 3.63) is 48.8 Å². The lowest BCUT2D eigenvalue weighted by molar-refractivity contribution is 0.831. The minimum absolute atomic E-state index is 0.538. The first-order valence-electron chi connectivity index (χ1n) is 7.88. The summed E-state index contributed by atoms with van der Waals surface area (Å²) < 4.78 is 0. The van der Waals surface area contributed by atoms with Crippen molar-refractivity contribution in [1.29, 1.82) is 0 Å². The average molecular weight is 307 g/mol. The highest BCUT2D eigenvalue weighted by Crippen LogP contribution is 2.29. The minimum Gasteiger partial charge on any atom is -0.393 e. The maximum atomic E-state index is 6.21. The molecule has 1 aromatic heterocycles. The van der Waals surface area contributed by atoms with Crippen molar-refractivity contribution in [2.24, 2.45) is 0 Å². The van der Waals surface area contributed by atoms with Crippen LogP contribution in [0.3, 0.4) is 0 Å². The van der Waals surface area contributed by atoms with Gasteiger partial charge in [-0.1, -0.05) is 49.7 Å². The second-order valence-electron chi connectivity index (χ2n) is 5.42. The molecular weight excluding hydrogens is 286 g/mol. The summed E-state index contributed by atoms with van der Waals surface area (Å²) in [5, 5.41) is 8.90. The highest BCUT2D eigenvalue weighted by Gasteiger charge is 2.09. The van der Waals surface area contributed by atoms with Gasteiger partial charge in [0.15, 0.2) is 11.6 Å². The van der Waals surface area contributed by atoms with Crippen molar-refractivity contribution >= 4 is 33.8 Å². The van der Waals surface area contributed by atoms with Gasteiger partial charge in [-0.15, -0.1) is 0 Å². The van der Waals surface area contributed by atoms with E-state index in [2.05, 4.69) is 45.7 Å². The number of aromatic nitrogens is 2. The molecule has 3 rings (SSSR count). The van der Waals surface area contributed by atoms with Gasteiger partial charge >= 0.3 is 0 Å². The lowest BCUT2D eigenvalue weighted by atomic mass is 10.1. The van der Waals surface area contributed by atoms with Crippen LogP contribution in [0.4, 0.5) is 23.0 Å². The van der Waals surface area contributed by atoms with Gasteiger partial charge in [-0.05, 0) is 17.9 Å². The molecule has 5 heteroatoms. The molecule has 0 bridgehead atoms. The zero-order valence-electron chi connectivity index (χ0n) is 13.2. The molecule has 2 aromatic carbocycles. The van der Waals surface area contributed by atoms with Gasteiger partial charge < -0.3 is 16.4 Å². The molecule has 0 atom stereocenters. The summed E-state index contributed by atoms with van der Waals surface area (Å²) in [6, 6.07) is 14.3. The van der Waals surface area contributed by atoms with Gasteiger partial charge in [-0.3, -0.25) is 0 Å². The summed E-state index contributed by atoms with van der Waals surface area (Å²) in [5.41, 5.74) is 7.73. The number of hydrogen-bond donors (Lipinski definition) is 3. The summed E-state index contributed by atoms with van der Waals surface area (Å²) in [5.74, 6) is 1.30. The third-order valence-corrected chi connectivity index (χ3v) is 3.75. The molecule has 3 aromatic rings. The smallest absolute Gasteiger partial charge is 0.159 e. The Morgan fingerprint density at radius 2 is 1.78 bits per heavy atom. The van der Waals surface area contributed by atoms with E-state index in [1.807, 2.05) is 24.3 Å². The van der Waals surface area contributed by atoms with Gasteiger partial charge in [-0.25, -0.2) is 9.97 Å². The van der Waals surface area contributed by atoms with Gasteiger partial charge in [0, 0.05) is 17.6 Å². The number of unbranched alkanes of at least 4 members (excludes halogenated alkanes) is 1. The molecule has 5 nitrogen and oxygen atoms in total. The molecule has 0 aliphatic rings. The van der Waals surface area contributed by atoms with Crippen LogP contribution in [0, 0.1) is 0 Å². The monoisotopic (exact) mass is 307 g/mol. The van der Waals surface area contributed by atoms with Crippen molar-refractivity contribution < 1.29 is 0 Å². The van der Waals surface area contributed by atoms with E-state index >= 15 is 0 Å². The zero-order chi connectivity index (χ0) is 16.1. The van der Waals surface area contributed by atoms with Crippen LogP contribution in [0.2, 0.25) is 0 Å². The van der Waals surface area contributed by atoms with E-state index in [-0.39, 0.29) is 0 Å². The highest BCUT2D eigenvalue weighted by atomic mass is 15.1. The van der Waals surface area contributed by atoms with E-state index < -0.39 is 0 Å². The van der Waals surface area contributed by atoms with E-state index in [9.17, 15) is 0 Å². The number of nitrogen functional groups attached to an aromatic ring is 1. The topological polar surface area (TPSA) is 75.9 Å². The Labute approximate surface area is 136 Å². The standard InChI is InChI=1S/C18H21N5/c1-2-3-11-20-17-16(19)18(22-12-21-17)23-15-10-6-8-13-7-4-5-9-14(13)15/h4-10,12H,2-3,11,19H2,1H3,(H2,20,21,22,23). The van der Waals surface area contributed by atoms with E-state index in [4.69, 9.17) is 5.73 Å². The Hall–Kier alpha value is -2.82. The third-order valence-electron chi connectivity index (χ3n) is 3.75. The van der Waals surface area contributed by atoms with Crippen LogP contribution >= 0.6 is 0 Å². The first kappa shape index (κ1) is 15.1. The molecule has 0 unspecified atom stereocenters. The van der Waals surface area contributed by atoms with E-state index in [0.29, 0.717) is 17.3 Å². The molecule has 0 radical (unpaired) electrons. The number of fused-ring (bicyclic) bond motifs is 1. The molecule has 0 aliphatic heterocycles. The number of rotatable bonds is 6. The minimum atomic E-state index is 0.538. The van der Waals surface area contributed by atoms with Gasteiger partial charge in [0.2, 0.25) is 0 Å². The number of nitrogens with zero attached hydrogens (tertiary/aromatic N) is 2. The van der Waals surface area contributed by atoms with Gasteiger partial charge in [-0.2, -0.15) is 0 Å². The average Bonchev–Trinajstić information content (AvgIpc) is 2.58. The summed E-state index contributed by atoms with van der Waals surface area (Å²) in [4.78, 5) is 8.51. The quantitative estimate of drug-likeness (QED) is 0.596. The molecular formula is C18H21N5. The Morgan fingerprint density at radius 3 is 2.65 bits per heavy atom. The fourth-order valence-corrected chi connectivity index (χ4v) is 2.48. The molecule has 0 saturated heterocycles. The van der Waals surface area contributed by atoms with Crippen molar-refractivity contribution in [2.75, 3.05) is 22.9 Å². The second kappa shape index (κ2) is 6.96. The van der Waals surface area contributed by atoms with Crippen LogP contribution in [0.5, 0.6) is 0 Å². The van der Waals surface area contributed by atoms with Crippen molar-refractivity contribution in [2.45, 2.75) is 19.8 Å². The van der Waals surface area contributed by atoms with Gasteiger partial charge in [0.25, 0.3) is 0 Å². The number of anilines is 4. The van der Waals surface area contributed by atoms with Gasteiger partial charge in [0.1, 0.15) is 12.0 Å². The largest absolute Gasteiger partial charge is 0.393 e. The molecule has 0 saturated carbocycles. The third kappa shape index (κ3) is 3.34. The zero-order valence-corrected chi connectivity index (χ0v) is 13.2. The lowest BCUT2D eigenvalue weighted by Gasteiger charge is -2.13. The second-order valence-corrected chi connectivity index (χ2v) is 5.42. The van der Waals surface area contributed by atoms with Crippen molar-refractivity contribution in [1.82, 2.24) is 9.97 Å². The number of hydrogen-bond acceptors (Lipinski definition) is 5. The predicted molar refractivity (Wildman–Crippen MR) is 97.1 cm³/mol. The maximum Gasteiger partial charge on any atom is 0.159 e. The lowest BCUT2D eigenvalue weighted by Crippen LogP contribution is -2.09. The Balaban J connectivity index is 1.89. The fourth-order valence-electron chi connectivity index (χ4n) is 2.48. The van der Waals surface area contributed by atoms with Crippen molar-refractivity contribution in [3.63, 3.8) is 0 Å². The summed E-state index contributed by atoms with van der Waals surface area (Å²) >= 11 is 0. The van der Waals surface area contributed by atoms with Crippen LogP contribution in [0.25, 0.3) is 10.8 Å². The molecule has 0 amide bonds. The van der Waals surface area contributed by atoms with Crippen LogP contribution < -0.4 is 16.4 Å². The van der Waals surface area contributed by atoms with Gasteiger partial charge in [0.05, 0.1) is 0 Å². The SMILES string of the molecule is CCCCNc1ncnc(Nc2cccc3ccccc23)c1N. The van der Waals surface area contributed by atoms with Crippen LogP contribution in [-0.4, -0.2) is 16.5 Å². The Morgan fingerprint density at radius 1 is 1.00 bits per heavy atom. The number of nitrogens with two attached hydrogens (primary N) is 1. The number of nitrogens with one attached hydrogen (secondary N) is 2. The number of benzene rings is 2. The highest BCUT2D eigenvalue weighted by molar-refractivity contribution is 5.96. The molecule has 118 valence electrons. The molecule has 1 heterocycles. The fraction of sp³-hybridized carbons (Fsp3) is 0.222. The molecule has 0 fully saturated rings. The van der Waals surface area contributed by atoms with Crippen molar-refractivity contribution in [3.8, 4) is 0 Å².